The first-order chi connectivity index (χ1) is 22.0. The van der Waals surface area contributed by atoms with Crippen LogP contribution in [0.3, 0.4) is 0 Å². The number of unbranched alkanes of at least 4 members (excludes halogenated alkanes) is 9. The standard InChI is InChI=1S/C39H57NO6/c1-6-7-8-9-10-11-12-13-14-17-20-40-31-19-16-15-18-28(31)36(44)46-35-25(2)23-38-26(3)21-30-32(37(30,4)5)29(34(38)43)22-27(24-41)33(42)39(35,38)45/h15-16,18-19,22-23,26,29-30,32-33,35,40-42,45H,6-14,17,20-21,24H2,1-5H3/t26-,29+,30-,32+,33-,35+,38-,39+/m1/s1. The van der Waals surface area contributed by atoms with E-state index < -0.39 is 41.7 Å². The van der Waals surface area contributed by atoms with E-state index in [1.165, 1.54) is 51.4 Å². The minimum atomic E-state index is -2.15. The number of rotatable bonds is 15. The van der Waals surface area contributed by atoms with Crippen molar-refractivity contribution in [2.45, 2.75) is 123 Å². The van der Waals surface area contributed by atoms with Gasteiger partial charge in [-0.3, -0.25) is 4.79 Å². The van der Waals surface area contributed by atoms with Crippen molar-refractivity contribution >= 4 is 17.4 Å². The number of benzene rings is 1. The average Bonchev–Trinajstić information content (AvgIpc) is 3.53. The number of Topliss-reactive ketones (excluding diaryl/α,β-unsaturated/α-hetero) is 1. The van der Waals surface area contributed by atoms with Crippen LogP contribution in [0.5, 0.6) is 0 Å². The van der Waals surface area contributed by atoms with Crippen LogP contribution in [0.15, 0.2) is 47.6 Å². The fourth-order valence-electron chi connectivity index (χ4n) is 9.41. The summed E-state index contributed by atoms with van der Waals surface area (Å²) in [6.45, 7) is 10.5. The maximum absolute atomic E-state index is 14.6. The van der Waals surface area contributed by atoms with E-state index in [9.17, 15) is 24.9 Å². The van der Waals surface area contributed by atoms with Crippen LogP contribution in [0, 0.1) is 34.5 Å². The highest BCUT2D eigenvalue weighted by molar-refractivity contribution is 5.97. The maximum Gasteiger partial charge on any atom is 0.340 e. The molecule has 0 aliphatic heterocycles. The summed E-state index contributed by atoms with van der Waals surface area (Å²) < 4.78 is 6.13. The summed E-state index contributed by atoms with van der Waals surface area (Å²) in [5.74, 6) is -1.27. The molecule has 1 spiro atoms. The van der Waals surface area contributed by atoms with Gasteiger partial charge in [0.1, 0.15) is 6.10 Å². The molecule has 2 fully saturated rings. The van der Waals surface area contributed by atoms with Gasteiger partial charge in [-0.2, -0.15) is 0 Å². The molecule has 0 unspecified atom stereocenters. The summed E-state index contributed by atoms with van der Waals surface area (Å²) >= 11 is 0. The summed E-state index contributed by atoms with van der Waals surface area (Å²) in [5.41, 5.74) is -1.89. The van der Waals surface area contributed by atoms with E-state index in [0.29, 0.717) is 23.2 Å². The van der Waals surface area contributed by atoms with Crippen molar-refractivity contribution in [3.05, 3.63) is 53.1 Å². The molecule has 8 atom stereocenters. The molecular weight excluding hydrogens is 578 g/mol. The molecule has 0 radical (unpaired) electrons. The van der Waals surface area contributed by atoms with Crippen molar-refractivity contribution in [3.63, 3.8) is 0 Å². The van der Waals surface area contributed by atoms with E-state index in [4.69, 9.17) is 4.74 Å². The van der Waals surface area contributed by atoms with Crippen LogP contribution in [0.2, 0.25) is 0 Å². The third kappa shape index (κ3) is 5.90. The molecule has 2 bridgehead atoms. The number of carbonyl (C=O) groups excluding carboxylic acids is 2. The van der Waals surface area contributed by atoms with E-state index >= 15 is 0 Å². The van der Waals surface area contributed by atoms with Crippen LogP contribution in [0.1, 0.15) is 116 Å². The smallest absolute Gasteiger partial charge is 0.340 e. The van der Waals surface area contributed by atoms with Gasteiger partial charge >= 0.3 is 5.97 Å². The van der Waals surface area contributed by atoms with Crippen LogP contribution in [0.4, 0.5) is 5.69 Å². The first kappa shape index (κ1) is 34.8. The van der Waals surface area contributed by atoms with Gasteiger partial charge in [0, 0.05) is 18.2 Å². The minimum absolute atomic E-state index is 0.0471. The van der Waals surface area contributed by atoms with Gasteiger partial charge in [-0.25, -0.2) is 4.79 Å². The Morgan fingerprint density at radius 2 is 1.65 bits per heavy atom. The van der Waals surface area contributed by atoms with Crippen molar-refractivity contribution in [1.82, 2.24) is 0 Å². The second-order valence-corrected chi connectivity index (χ2v) is 15.3. The monoisotopic (exact) mass is 635 g/mol. The fraction of sp³-hybridized carbons (Fsp3) is 0.692. The summed E-state index contributed by atoms with van der Waals surface area (Å²) in [4.78, 5) is 28.4. The average molecular weight is 636 g/mol. The Bertz CT molecular complexity index is 1330. The Morgan fingerprint density at radius 3 is 2.30 bits per heavy atom. The lowest BCUT2D eigenvalue weighted by atomic mass is 9.59. The number of allylic oxidation sites excluding steroid dienone is 1. The Hall–Kier alpha value is -2.48. The number of para-hydroxylation sites is 1. The number of esters is 1. The lowest BCUT2D eigenvalue weighted by molar-refractivity contribution is -0.190. The highest BCUT2D eigenvalue weighted by Gasteiger charge is 2.76. The van der Waals surface area contributed by atoms with Crippen LogP contribution < -0.4 is 5.32 Å². The molecule has 0 heterocycles. The lowest BCUT2D eigenvalue weighted by Crippen LogP contribution is -2.65. The molecule has 46 heavy (non-hydrogen) atoms. The number of anilines is 1. The van der Waals surface area contributed by atoms with Crippen LogP contribution in [0.25, 0.3) is 0 Å². The molecule has 1 aromatic rings. The number of aliphatic hydroxyl groups is 3. The number of aliphatic hydroxyl groups excluding tert-OH is 2. The normalized spacial score (nSPS) is 34.0. The zero-order valence-electron chi connectivity index (χ0n) is 28.7. The quantitative estimate of drug-likeness (QED) is 0.0931. The minimum Gasteiger partial charge on any atom is -0.451 e. The molecule has 7 heteroatoms. The number of hydrogen-bond donors (Lipinski definition) is 4. The first-order valence-corrected chi connectivity index (χ1v) is 18.0. The predicted molar refractivity (Wildman–Crippen MR) is 181 cm³/mol. The third-order valence-corrected chi connectivity index (χ3v) is 12.1. The van der Waals surface area contributed by atoms with Gasteiger partial charge in [0.05, 0.1) is 17.6 Å². The molecule has 2 saturated carbocycles. The lowest BCUT2D eigenvalue weighted by Gasteiger charge is -2.48. The summed E-state index contributed by atoms with van der Waals surface area (Å²) in [6.07, 6.45) is 13.8. The zero-order chi connectivity index (χ0) is 33.3. The number of ketones is 1. The molecule has 0 aromatic heterocycles. The molecule has 4 N–H and O–H groups in total. The summed E-state index contributed by atoms with van der Waals surface area (Å²) in [6, 6.07) is 7.19. The fourth-order valence-corrected chi connectivity index (χ4v) is 9.41. The predicted octanol–water partition coefficient (Wildman–Crippen LogP) is 7.01. The highest BCUT2D eigenvalue weighted by atomic mass is 16.6. The zero-order valence-corrected chi connectivity index (χ0v) is 28.7. The number of nitrogens with one attached hydrogen (secondary N) is 1. The molecule has 254 valence electrons. The van der Waals surface area contributed by atoms with E-state index in [1.807, 2.05) is 19.1 Å². The molecule has 0 saturated heterocycles. The molecule has 1 aromatic carbocycles. The number of ether oxygens (including phenoxy) is 1. The van der Waals surface area contributed by atoms with Gasteiger partial charge in [-0.15, -0.1) is 0 Å². The Balaban J connectivity index is 1.29. The second-order valence-electron chi connectivity index (χ2n) is 15.3. The number of carbonyl (C=O) groups is 2. The Kier molecular flexibility index (Phi) is 10.6. The van der Waals surface area contributed by atoms with Gasteiger partial charge in [0.2, 0.25) is 0 Å². The van der Waals surface area contributed by atoms with Crippen LogP contribution in [-0.4, -0.2) is 58.0 Å². The molecule has 7 nitrogen and oxygen atoms in total. The van der Waals surface area contributed by atoms with E-state index in [0.717, 1.165) is 19.4 Å². The number of fused-ring (bicyclic) bond motifs is 3. The number of hydrogen-bond acceptors (Lipinski definition) is 7. The van der Waals surface area contributed by atoms with E-state index in [1.54, 1.807) is 31.2 Å². The molecule has 5 rings (SSSR count). The van der Waals surface area contributed by atoms with Crippen molar-refractivity contribution < 1.29 is 29.6 Å². The largest absolute Gasteiger partial charge is 0.451 e. The van der Waals surface area contributed by atoms with Crippen molar-refractivity contribution in [2.75, 3.05) is 18.5 Å². The maximum atomic E-state index is 14.6. The Labute approximate surface area is 275 Å². The van der Waals surface area contributed by atoms with Crippen molar-refractivity contribution in [2.24, 2.45) is 34.5 Å². The summed E-state index contributed by atoms with van der Waals surface area (Å²) in [7, 11) is 0. The third-order valence-electron chi connectivity index (χ3n) is 12.1. The van der Waals surface area contributed by atoms with E-state index in [-0.39, 0.29) is 34.5 Å². The van der Waals surface area contributed by atoms with Gasteiger partial charge < -0.3 is 25.4 Å². The van der Waals surface area contributed by atoms with Crippen LogP contribution in [-0.2, 0) is 9.53 Å². The van der Waals surface area contributed by atoms with Gasteiger partial charge in [-0.1, -0.05) is 110 Å². The SMILES string of the molecule is CCCCCCCCCCCCNc1ccccc1C(=O)O[C@H]1C(C)=C[C@@]23C(=O)[C@@H](C=C(CO)[C@@H](O)[C@]12O)[C@H]1[C@@H](C[C@H]3C)C1(C)C. The van der Waals surface area contributed by atoms with E-state index in [2.05, 4.69) is 26.1 Å². The molecule has 4 aliphatic rings. The Morgan fingerprint density at radius 1 is 1.02 bits per heavy atom. The molecular formula is C39H57NO6. The van der Waals surface area contributed by atoms with Gasteiger partial charge in [0.25, 0.3) is 0 Å². The van der Waals surface area contributed by atoms with Crippen molar-refractivity contribution in [1.29, 1.82) is 0 Å². The highest BCUT2D eigenvalue weighted by Crippen LogP contribution is 2.71. The molecule has 0 amide bonds. The summed E-state index contributed by atoms with van der Waals surface area (Å²) in [5, 5.41) is 38.3. The van der Waals surface area contributed by atoms with Gasteiger partial charge in [-0.05, 0) is 66.2 Å². The van der Waals surface area contributed by atoms with Gasteiger partial charge in [0.15, 0.2) is 17.5 Å². The first-order valence-electron chi connectivity index (χ1n) is 18.0. The second kappa shape index (κ2) is 13.9. The van der Waals surface area contributed by atoms with Crippen LogP contribution >= 0.6 is 0 Å². The topological polar surface area (TPSA) is 116 Å². The molecule has 4 aliphatic carbocycles. The van der Waals surface area contributed by atoms with Crippen molar-refractivity contribution in [3.8, 4) is 0 Å².